The van der Waals surface area contributed by atoms with E-state index < -0.39 is 5.97 Å². The minimum atomic E-state index is -1.01. The molecule has 6 heteroatoms. The smallest absolute Gasteiger partial charge is 0.335 e. The number of hydrogen-bond acceptors (Lipinski definition) is 3. The number of carboxylic acids is 1. The average molecular weight is 318 g/mol. The summed E-state index contributed by atoms with van der Waals surface area (Å²) in [5.41, 5.74) is 1.38. The van der Waals surface area contributed by atoms with Gasteiger partial charge < -0.3 is 15.7 Å². The third-order valence-electron chi connectivity index (χ3n) is 4.15. The number of benzene rings is 1. The maximum atomic E-state index is 12.0. The molecule has 1 aromatic rings. The third-order valence-corrected chi connectivity index (χ3v) is 4.15. The molecule has 0 radical (unpaired) electrons. The first kappa shape index (κ1) is 17.0. The number of amides is 2. The number of carbonyl (C=O) groups is 3. The van der Waals surface area contributed by atoms with Crippen LogP contribution in [0.4, 0.5) is 5.69 Å². The summed E-state index contributed by atoms with van der Waals surface area (Å²) in [5, 5.41) is 14.3. The fourth-order valence-electron chi connectivity index (χ4n) is 2.81. The number of nitrogens with one attached hydrogen (secondary N) is 2. The normalized spacial score (nSPS) is 15.0. The van der Waals surface area contributed by atoms with Crippen LogP contribution in [0.25, 0.3) is 0 Å². The maximum Gasteiger partial charge on any atom is 0.335 e. The zero-order valence-electron chi connectivity index (χ0n) is 13.2. The van der Waals surface area contributed by atoms with Crippen LogP contribution in [0.15, 0.2) is 18.2 Å². The Kier molecular flexibility index (Phi) is 5.73. The molecule has 0 bridgehead atoms. The number of aryl methyl sites for hydroxylation is 1. The van der Waals surface area contributed by atoms with E-state index in [-0.39, 0.29) is 29.8 Å². The quantitative estimate of drug-likeness (QED) is 0.776. The molecule has 0 spiro atoms. The van der Waals surface area contributed by atoms with E-state index in [1.54, 1.807) is 13.0 Å². The van der Waals surface area contributed by atoms with Gasteiger partial charge >= 0.3 is 5.97 Å². The zero-order chi connectivity index (χ0) is 16.8. The molecule has 3 N–H and O–H groups in total. The van der Waals surface area contributed by atoms with E-state index in [9.17, 15) is 14.4 Å². The van der Waals surface area contributed by atoms with Crippen molar-refractivity contribution < 1.29 is 19.5 Å². The van der Waals surface area contributed by atoms with E-state index in [0.29, 0.717) is 11.3 Å². The Morgan fingerprint density at radius 3 is 2.48 bits per heavy atom. The van der Waals surface area contributed by atoms with Gasteiger partial charge in [0.05, 0.1) is 12.1 Å². The number of anilines is 1. The molecular formula is C17H22N2O4. The standard InChI is InChI=1S/C17H22N2O4/c1-11-9-13(17(22)23)7-8-14(11)19-15(20)10-18-16(21)12-5-3-2-4-6-12/h7-9,12H,2-6,10H2,1H3,(H,18,21)(H,19,20)(H,22,23). The first-order valence-corrected chi connectivity index (χ1v) is 7.89. The highest BCUT2D eigenvalue weighted by Crippen LogP contribution is 2.23. The van der Waals surface area contributed by atoms with Crippen molar-refractivity contribution in [2.24, 2.45) is 5.92 Å². The van der Waals surface area contributed by atoms with Crippen molar-refractivity contribution in [3.63, 3.8) is 0 Å². The molecule has 0 unspecified atom stereocenters. The minimum absolute atomic E-state index is 0.0214. The Bertz CT molecular complexity index is 607. The molecule has 1 aliphatic rings. The van der Waals surface area contributed by atoms with Crippen molar-refractivity contribution in [2.45, 2.75) is 39.0 Å². The fourth-order valence-corrected chi connectivity index (χ4v) is 2.81. The Balaban J connectivity index is 1.84. The second-order valence-corrected chi connectivity index (χ2v) is 5.94. The first-order chi connectivity index (χ1) is 11.0. The molecule has 1 saturated carbocycles. The van der Waals surface area contributed by atoms with E-state index in [4.69, 9.17) is 5.11 Å². The van der Waals surface area contributed by atoms with Gasteiger partial charge in [0.25, 0.3) is 0 Å². The lowest BCUT2D eigenvalue weighted by Crippen LogP contribution is -2.37. The van der Waals surface area contributed by atoms with Crippen LogP contribution in [0.3, 0.4) is 0 Å². The number of aromatic carboxylic acids is 1. The van der Waals surface area contributed by atoms with Crippen molar-refractivity contribution in [3.8, 4) is 0 Å². The molecule has 124 valence electrons. The molecule has 1 aromatic carbocycles. The number of carbonyl (C=O) groups excluding carboxylic acids is 2. The summed E-state index contributed by atoms with van der Waals surface area (Å²) in [6.45, 7) is 1.65. The molecule has 1 aliphatic carbocycles. The summed E-state index contributed by atoms with van der Waals surface area (Å²) in [5.74, 6) is -1.36. The first-order valence-electron chi connectivity index (χ1n) is 7.89. The Morgan fingerprint density at radius 2 is 1.87 bits per heavy atom. The molecule has 1 fully saturated rings. The van der Waals surface area contributed by atoms with Gasteiger partial charge in [-0.25, -0.2) is 4.79 Å². The number of hydrogen-bond donors (Lipinski definition) is 3. The van der Waals surface area contributed by atoms with E-state index in [0.717, 1.165) is 25.7 Å². The van der Waals surface area contributed by atoms with Crippen LogP contribution in [0, 0.1) is 12.8 Å². The van der Waals surface area contributed by atoms with Crippen LogP contribution >= 0.6 is 0 Å². The van der Waals surface area contributed by atoms with Crippen LogP contribution < -0.4 is 10.6 Å². The molecule has 6 nitrogen and oxygen atoms in total. The fraction of sp³-hybridized carbons (Fsp3) is 0.471. The summed E-state index contributed by atoms with van der Waals surface area (Å²) < 4.78 is 0. The highest BCUT2D eigenvalue weighted by molar-refractivity contribution is 5.96. The lowest BCUT2D eigenvalue weighted by molar-refractivity contribution is -0.128. The van der Waals surface area contributed by atoms with Crippen LogP contribution in [0.5, 0.6) is 0 Å². The number of rotatable bonds is 5. The SMILES string of the molecule is Cc1cc(C(=O)O)ccc1NC(=O)CNC(=O)C1CCCCC1. The molecule has 2 rings (SSSR count). The summed E-state index contributed by atoms with van der Waals surface area (Å²) in [6, 6.07) is 4.49. The molecule has 0 saturated heterocycles. The molecule has 0 heterocycles. The highest BCUT2D eigenvalue weighted by atomic mass is 16.4. The van der Waals surface area contributed by atoms with Gasteiger partial charge in [-0.05, 0) is 43.5 Å². The highest BCUT2D eigenvalue weighted by Gasteiger charge is 2.21. The molecule has 23 heavy (non-hydrogen) atoms. The maximum absolute atomic E-state index is 12.0. The van der Waals surface area contributed by atoms with E-state index in [1.165, 1.54) is 18.6 Å². The molecule has 2 amide bonds. The van der Waals surface area contributed by atoms with Crippen LogP contribution in [0.2, 0.25) is 0 Å². The minimum Gasteiger partial charge on any atom is -0.478 e. The van der Waals surface area contributed by atoms with Crippen molar-refractivity contribution in [2.75, 3.05) is 11.9 Å². The van der Waals surface area contributed by atoms with Crippen LogP contribution in [-0.2, 0) is 9.59 Å². The van der Waals surface area contributed by atoms with Crippen LogP contribution in [-0.4, -0.2) is 29.4 Å². The predicted octanol–water partition coefficient (Wildman–Crippen LogP) is 2.33. The van der Waals surface area contributed by atoms with Gasteiger partial charge in [-0.2, -0.15) is 0 Å². The van der Waals surface area contributed by atoms with Crippen molar-refractivity contribution in [1.82, 2.24) is 5.32 Å². The lowest BCUT2D eigenvalue weighted by Gasteiger charge is -2.20. The van der Waals surface area contributed by atoms with Gasteiger partial charge in [-0.15, -0.1) is 0 Å². The van der Waals surface area contributed by atoms with Crippen molar-refractivity contribution in [3.05, 3.63) is 29.3 Å². The summed E-state index contributed by atoms with van der Waals surface area (Å²) in [4.78, 5) is 34.8. The molecule has 0 aliphatic heterocycles. The van der Waals surface area contributed by atoms with Gasteiger partial charge in [-0.3, -0.25) is 9.59 Å². The molecule has 0 atom stereocenters. The topological polar surface area (TPSA) is 95.5 Å². The lowest BCUT2D eigenvalue weighted by atomic mass is 9.89. The average Bonchev–Trinajstić information content (AvgIpc) is 2.55. The Morgan fingerprint density at radius 1 is 1.17 bits per heavy atom. The second kappa shape index (κ2) is 7.76. The van der Waals surface area contributed by atoms with Crippen molar-refractivity contribution in [1.29, 1.82) is 0 Å². The largest absolute Gasteiger partial charge is 0.478 e. The summed E-state index contributed by atoms with van der Waals surface area (Å²) in [7, 11) is 0. The molecule has 0 aromatic heterocycles. The zero-order valence-corrected chi connectivity index (χ0v) is 13.2. The number of carboxylic acid groups (broad SMARTS) is 1. The summed E-state index contributed by atoms with van der Waals surface area (Å²) in [6.07, 6.45) is 5.10. The Hall–Kier alpha value is -2.37. The van der Waals surface area contributed by atoms with Crippen molar-refractivity contribution >= 4 is 23.5 Å². The van der Waals surface area contributed by atoms with Gasteiger partial charge in [0.1, 0.15) is 0 Å². The van der Waals surface area contributed by atoms with Gasteiger partial charge in [0, 0.05) is 11.6 Å². The summed E-state index contributed by atoms with van der Waals surface area (Å²) >= 11 is 0. The molecular weight excluding hydrogens is 296 g/mol. The monoisotopic (exact) mass is 318 g/mol. The Labute approximate surface area is 135 Å². The van der Waals surface area contributed by atoms with Gasteiger partial charge in [-0.1, -0.05) is 19.3 Å². The van der Waals surface area contributed by atoms with E-state index >= 15 is 0 Å². The van der Waals surface area contributed by atoms with Gasteiger partial charge in [0.2, 0.25) is 11.8 Å². The van der Waals surface area contributed by atoms with E-state index in [2.05, 4.69) is 10.6 Å². The second-order valence-electron chi connectivity index (χ2n) is 5.94. The van der Waals surface area contributed by atoms with Gasteiger partial charge in [0.15, 0.2) is 0 Å². The third kappa shape index (κ3) is 4.81. The predicted molar refractivity (Wildman–Crippen MR) is 86.4 cm³/mol. The van der Waals surface area contributed by atoms with E-state index in [1.807, 2.05) is 0 Å². The van der Waals surface area contributed by atoms with Crippen LogP contribution in [0.1, 0.15) is 48.0 Å².